The molecule has 0 fully saturated rings. The molecule has 20 heavy (non-hydrogen) atoms. The van der Waals surface area contributed by atoms with Gasteiger partial charge in [-0.2, -0.15) is 0 Å². The van der Waals surface area contributed by atoms with Crippen LogP contribution in [0, 0.1) is 0 Å². The van der Waals surface area contributed by atoms with Crippen LogP contribution in [-0.4, -0.2) is 34.0 Å². The fraction of sp³-hybridized carbons (Fsp3) is 0.625. The SMILES string of the molecule is CCCC(OC)C(NCC)c1c(OC)cccc1OC. The molecular weight excluding hydrogens is 254 g/mol. The number of likely N-dealkylation sites (N-methyl/N-ethyl adjacent to an activating group) is 1. The molecule has 4 heteroatoms. The first-order chi connectivity index (χ1) is 9.73. The maximum atomic E-state index is 5.69. The number of methoxy groups -OCH3 is 3. The van der Waals surface area contributed by atoms with Gasteiger partial charge in [0.2, 0.25) is 0 Å². The lowest BCUT2D eigenvalue weighted by Gasteiger charge is -2.29. The summed E-state index contributed by atoms with van der Waals surface area (Å²) in [5.41, 5.74) is 1.03. The van der Waals surface area contributed by atoms with Gasteiger partial charge in [0, 0.05) is 7.11 Å². The van der Waals surface area contributed by atoms with Crippen LogP contribution in [0.2, 0.25) is 0 Å². The molecule has 2 atom stereocenters. The first kappa shape index (κ1) is 16.8. The Morgan fingerprint density at radius 2 is 1.65 bits per heavy atom. The van der Waals surface area contributed by atoms with Gasteiger partial charge in [-0.15, -0.1) is 0 Å². The first-order valence-electron chi connectivity index (χ1n) is 7.20. The lowest BCUT2D eigenvalue weighted by Crippen LogP contribution is -2.33. The highest BCUT2D eigenvalue weighted by molar-refractivity contribution is 5.47. The van der Waals surface area contributed by atoms with Crippen molar-refractivity contribution < 1.29 is 14.2 Å². The maximum absolute atomic E-state index is 5.69. The minimum absolute atomic E-state index is 0.0519. The van der Waals surface area contributed by atoms with E-state index in [9.17, 15) is 0 Å². The molecule has 114 valence electrons. The lowest BCUT2D eigenvalue weighted by molar-refractivity contribution is 0.0595. The topological polar surface area (TPSA) is 39.7 Å². The van der Waals surface area contributed by atoms with E-state index in [1.165, 1.54) is 0 Å². The van der Waals surface area contributed by atoms with Gasteiger partial charge in [0.1, 0.15) is 11.5 Å². The average molecular weight is 281 g/mol. The zero-order valence-electron chi connectivity index (χ0n) is 13.2. The highest BCUT2D eigenvalue weighted by atomic mass is 16.5. The third-order valence-corrected chi connectivity index (χ3v) is 3.45. The van der Waals surface area contributed by atoms with Crippen molar-refractivity contribution >= 4 is 0 Å². The maximum Gasteiger partial charge on any atom is 0.127 e. The molecule has 0 bridgehead atoms. The molecule has 1 rings (SSSR count). The molecule has 1 N–H and O–H groups in total. The van der Waals surface area contributed by atoms with E-state index in [-0.39, 0.29) is 12.1 Å². The molecule has 1 aromatic rings. The smallest absolute Gasteiger partial charge is 0.127 e. The van der Waals surface area contributed by atoms with Crippen molar-refractivity contribution in [2.24, 2.45) is 0 Å². The molecule has 1 aromatic carbocycles. The summed E-state index contributed by atoms with van der Waals surface area (Å²) in [7, 11) is 5.12. The molecule has 0 radical (unpaired) electrons. The fourth-order valence-corrected chi connectivity index (χ4v) is 2.53. The Balaban J connectivity index is 3.24. The first-order valence-corrected chi connectivity index (χ1v) is 7.20. The van der Waals surface area contributed by atoms with E-state index in [1.807, 2.05) is 18.2 Å². The quantitative estimate of drug-likeness (QED) is 0.754. The van der Waals surface area contributed by atoms with Crippen molar-refractivity contribution in [3.05, 3.63) is 23.8 Å². The predicted molar refractivity (Wildman–Crippen MR) is 81.7 cm³/mol. The van der Waals surface area contributed by atoms with Crippen LogP contribution < -0.4 is 14.8 Å². The Kier molecular flexibility index (Phi) is 7.41. The lowest BCUT2D eigenvalue weighted by atomic mass is 9.96. The molecule has 0 saturated heterocycles. The number of hydrogen-bond donors (Lipinski definition) is 1. The summed E-state index contributed by atoms with van der Waals surface area (Å²) in [4.78, 5) is 0. The van der Waals surface area contributed by atoms with E-state index >= 15 is 0 Å². The minimum Gasteiger partial charge on any atom is -0.496 e. The zero-order chi connectivity index (χ0) is 15.0. The van der Waals surface area contributed by atoms with Crippen LogP contribution in [0.4, 0.5) is 0 Å². The van der Waals surface area contributed by atoms with E-state index in [1.54, 1.807) is 21.3 Å². The van der Waals surface area contributed by atoms with E-state index in [0.29, 0.717) is 0 Å². The second-order valence-corrected chi connectivity index (χ2v) is 4.67. The molecule has 2 unspecified atom stereocenters. The molecule has 0 heterocycles. The van der Waals surface area contributed by atoms with Crippen LogP contribution in [0.25, 0.3) is 0 Å². The van der Waals surface area contributed by atoms with Gasteiger partial charge in [-0.25, -0.2) is 0 Å². The Morgan fingerprint density at radius 3 is 2.05 bits per heavy atom. The van der Waals surface area contributed by atoms with Gasteiger partial charge in [0.25, 0.3) is 0 Å². The Labute approximate surface area is 122 Å². The van der Waals surface area contributed by atoms with E-state index in [0.717, 1.165) is 36.4 Å². The van der Waals surface area contributed by atoms with Crippen LogP contribution in [0.1, 0.15) is 38.3 Å². The third kappa shape index (κ3) is 3.87. The average Bonchev–Trinajstić information content (AvgIpc) is 2.49. The number of ether oxygens (including phenoxy) is 3. The van der Waals surface area contributed by atoms with Gasteiger partial charge >= 0.3 is 0 Å². The van der Waals surface area contributed by atoms with E-state index in [2.05, 4.69) is 19.2 Å². The minimum atomic E-state index is 0.0519. The summed E-state index contributed by atoms with van der Waals surface area (Å²) >= 11 is 0. The molecule has 0 aliphatic carbocycles. The van der Waals surface area contributed by atoms with Gasteiger partial charge in [0.05, 0.1) is 31.9 Å². The highest BCUT2D eigenvalue weighted by Gasteiger charge is 2.27. The van der Waals surface area contributed by atoms with Crippen LogP contribution in [0.15, 0.2) is 18.2 Å². The molecule has 0 spiro atoms. The van der Waals surface area contributed by atoms with Gasteiger partial charge in [-0.05, 0) is 25.1 Å². The molecule has 0 aliphatic heterocycles. The van der Waals surface area contributed by atoms with Gasteiger partial charge in [-0.1, -0.05) is 26.3 Å². The highest BCUT2D eigenvalue weighted by Crippen LogP contribution is 2.37. The van der Waals surface area contributed by atoms with Crippen molar-refractivity contribution in [2.75, 3.05) is 27.9 Å². The molecule has 4 nitrogen and oxygen atoms in total. The van der Waals surface area contributed by atoms with Crippen LogP contribution >= 0.6 is 0 Å². The molecule has 0 amide bonds. The number of rotatable bonds is 9. The van der Waals surface area contributed by atoms with Crippen molar-refractivity contribution in [1.29, 1.82) is 0 Å². The number of benzene rings is 1. The Bertz CT molecular complexity index is 373. The summed E-state index contributed by atoms with van der Waals surface area (Å²) in [6, 6.07) is 5.91. The summed E-state index contributed by atoms with van der Waals surface area (Å²) < 4.78 is 16.7. The van der Waals surface area contributed by atoms with Gasteiger partial charge in [0.15, 0.2) is 0 Å². The predicted octanol–water partition coefficient (Wildman–Crippen LogP) is 3.17. The van der Waals surface area contributed by atoms with Crippen molar-refractivity contribution in [3.63, 3.8) is 0 Å². The Morgan fingerprint density at radius 1 is 1.05 bits per heavy atom. The molecule has 0 aliphatic rings. The monoisotopic (exact) mass is 281 g/mol. The van der Waals surface area contributed by atoms with Crippen molar-refractivity contribution in [3.8, 4) is 11.5 Å². The zero-order valence-corrected chi connectivity index (χ0v) is 13.2. The molecule has 0 aromatic heterocycles. The fourth-order valence-electron chi connectivity index (χ4n) is 2.53. The summed E-state index contributed by atoms with van der Waals surface area (Å²) in [6.45, 7) is 5.11. The van der Waals surface area contributed by atoms with Crippen LogP contribution in [0.5, 0.6) is 11.5 Å². The molecule has 0 saturated carbocycles. The summed E-state index contributed by atoms with van der Waals surface area (Å²) in [6.07, 6.45) is 2.14. The summed E-state index contributed by atoms with van der Waals surface area (Å²) in [5.74, 6) is 1.65. The van der Waals surface area contributed by atoms with Crippen molar-refractivity contribution in [2.45, 2.75) is 38.8 Å². The van der Waals surface area contributed by atoms with Gasteiger partial charge in [-0.3, -0.25) is 0 Å². The second kappa shape index (κ2) is 8.82. The molecular formula is C16H27NO3. The largest absolute Gasteiger partial charge is 0.496 e. The van der Waals surface area contributed by atoms with Crippen molar-refractivity contribution in [1.82, 2.24) is 5.32 Å². The standard InChI is InChI=1S/C16H27NO3/c1-6-9-14(20-5)16(17-7-2)15-12(18-3)10-8-11-13(15)19-4/h8,10-11,14,16-17H,6-7,9H2,1-5H3. The summed E-state index contributed by atoms with van der Waals surface area (Å²) in [5, 5.41) is 3.50. The van der Waals surface area contributed by atoms with Crippen LogP contribution in [0.3, 0.4) is 0 Å². The Hall–Kier alpha value is -1.26. The number of nitrogens with one attached hydrogen (secondary N) is 1. The van der Waals surface area contributed by atoms with E-state index < -0.39 is 0 Å². The second-order valence-electron chi connectivity index (χ2n) is 4.67. The third-order valence-electron chi connectivity index (χ3n) is 3.45. The number of hydrogen-bond acceptors (Lipinski definition) is 4. The normalized spacial score (nSPS) is 13.8. The van der Waals surface area contributed by atoms with Crippen LogP contribution in [-0.2, 0) is 4.74 Å². The van der Waals surface area contributed by atoms with E-state index in [4.69, 9.17) is 14.2 Å². The van der Waals surface area contributed by atoms with Gasteiger partial charge < -0.3 is 19.5 Å².